The Morgan fingerprint density at radius 1 is 0.933 bits per heavy atom. The van der Waals surface area contributed by atoms with Crippen LogP contribution in [0.25, 0.3) is 10.6 Å². The highest BCUT2D eigenvalue weighted by Crippen LogP contribution is 2.26. The quantitative estimate of drug-likeness (QED) is 0.470. The number of hydrogen-bond acceptors (Lipinski definition) is 6. The van der Waals surface area contributed by atoms with Gasteiger partial charge in [0.05, 0.1) is 11.7 Å². The summed E-state index contributed by atoms with van der Waals surface area (Å²) < 4.78 is 28.4. The molecule has 1 N–H and O–H groups in total. The molecule has 0 aliphatic heterocycles. The first-order valence-corrected chi connectivity index (χ1v) is 11.7. The van der Waals surface area contributed by atoms with E-state index in [-0.39, 0.29) is 5.03 Å². The minimum atomic E-state index is -3.79. The van der Waals surface area contributed by atoms with E-state index in [2.05, 4.69) is 19.7 Å². The zero-order chi connectivity index (χ0) is 21.0. The molecule has 0 saturated carbocycles. The van der Waals surface area contributed by atoms with Crippen molar-refractivity contribution in [3.8, 4) is 10.6 Å². The van der Waals surface area contributed by atoms with Gasteiger partial charge in [-0.05, 0) is 43.2 Å². The average Bonchev–Trinajstić information content (AvgIpc) is 3.21. The SMILES string of the molecule is Cc1cnc(-c2ccc(CC(NS(=O)(=O)c3ccccn3)c3ccccn3)cc2)s1. The number of thiazole rings is 1. The summed E-state index contributed by atoms with van der Waals surface area (Å²) in [6.45, 7) is 2.03. The van der Waals surface area contributed by atoms with Gasteiger partial charge < -0.3 is 0 Å². The predicted octanol–water partition coefficient (Wildman–Crippen LogP) is 4.17. The van der Waals surface area contributed by atoms with Crippen molar-refractivity contribution in [3.05, 3.63) is 95.4 Å². The molecule has 30 heavy (non-hydrogen) atoms. The summed E-state index contributed by atoms with van der Waals surface area (Å²) >= 11 is 1.64. The highest BCUT2D eigenvalue weighted by Gasteiger charge is 2.23. The molecule has 8 heteroatoms. The van der Waals surface area contributed by atoms with Gasteiger partial charge in [0.15, 0.2) is 5.03 Å². The number of pyridine rings is 2. The third kappa shape index (κ3) is 4.79. The molecule has 3 aromatic heterocycles. The number of rotatable bonds is 7. The maximum absolute atomic E-state index is 12.8. The molecule has 0 amide bonds. The van der Waals surface area contributed by atoms with Crippen molar-refractivity contribution in [2.75, 3.05) is 0 Å². The number of benzene rings is 1. The molecule has 1 atom stereocenters. The first-order valence-electron chi connectivity index (χ1n) is 9.37. The molecule has 0 spiro atoms. The van der Waals surface area contributed by atoms with E-state index >= 15 is 0 Å². The minimum absolute atomic E-state index is 0.0135. The van der Waals surface area contributed by atoms with Crippen LogP contribution in [0.3, 0.4) is 0 Å². The normalized spacial score (nSPS) is 12.6. The summed E-state index contributed by atoms with van der Waals surface area (Å²) in [4.78, 5) is 13.9. The third-order valence-corrected chi connectivity index (χ3v) is 6.87. The van der Waals surface area contributed by atoms with Crippen molar-refractivity contribution in [1.82, 2.24) is 19.7 Å². The molecule has 4 aromatic rings. The Morgan fingerprint density at radius 2 is 1.67 bits per heavy atom. The zero-order valence-corrected chi connectivity index (χ0v) is 17.9. The van der Waals surface area contributed by atoms with Crippen LogP contribution in [-0.4, -0.2) is 23.4 Å². The lowest BCUT2D eigenvalue weighted by molar-refractivity contribution is 0.546. The molecule has 0 aliphatic rings. The molecule has 0 fully saturated rings. The standard InChI is InChI=1S/C22H20N4O2S2/c1-16-15-25-22(29-16)18-10-8-17(9-11-18)14-20(19-6-2-4-12-23-19)26-30(27,28)21-7-3-5-13-24-21/h2-13,15,20,26H,14H2,1H3. The maximum Gasteiger partial charge on any atom is 0.258 e. The molecule has 3 heterocycles. The van der Waals surface area contributed by atoms with Crippen molar-refractivity contribution in [2.24, 2.45) is 0 Å². The number of aromatic nitrogens is 3. The van der Waals surface area contributed by atoms with Crippen LogP contribution in [0.2, 0.25) is 0 Å². The van der Waals surface area contributed by atoms with Crippen molar-refractivity contribution < 1.29 is 8.42 Å². The largest absolute Gasteiger partial charge is 0.260 e. The van der Waals surface area contributed by atoms with E-state index in [1.54, 1.807) is 35.7 Å². The number of nitrogens with one attached hydrogen (secondary N) is 1. The number of sulfonamides is 1. The second-order valence-electron chi connectivity index (χ2n) is 6.77. The van der Waals surface area contributed by atoms with Crippen LogP contribution in [0.1, 0.15) is 22.2 Å². The van der Waals surface area contributed by atoms with E-state index in [0.29, 0.717) is 12.1 Å². The Bertz CT molecular complexity index is 1210. The van der Waals surface area contributed by atoms with Gasteiger partial charge in [-0.2, -0.15) is 0 Å². The summed E-state index contributed by atoms with van der Waals surface area (Å²) in [5.74, 6) is 0. The molecule has 0 aliphatic carbocycles. The highest BCUT2D eigenvalue weighted by atomic mass is 32.2. The molecular weight excluding hydrogens is 416 g/mol. The van der Waals surface area contributed by atoms with Crippen LogP contribution in [0.5, 0.6) is 0 Å². The minimum Gasteiger partial charge on any atom is -0.260 e. The topological polar surface area (TPSA) is 84.8 Å². The van der Waals surface area contributed by atoms with Gasteiger partial charge in [0.2, 0.25) is 0 Å². The Labute approximate surface area is 179 Å². The van der Waals surface area contributed by atoms with Crippen molar-refractivity contribution in [1.29, 1.82) is 0 Å². The molecule has 0 bridgehead atoms. The summed E-state index contributed by atoms with van der Waals surface area (Å²) in [6, 6.07) is 17.8. The summed E-state index contributed by atoms with van der Waals surface area (Å²) in [5, 5.41) is 0.955. The fourth-order valence-electron chi connectivity index (χ4n) is 3.05. The van der Waals surface area contributed by atoms with Gasteiger partial charge in [-0.25, -0.2) is 23.1 Å². The first-order chi connectivity index (χ1) is 14.5. The van der Waals surface area contributed by atoms with E-state index < -0.39 is 16.1 Å². The number of nitrogens with zero attached hydrogens (tertiary/aromatic N) is 3. The summed E-state index contributed by atoms with van der Waals surface area (Å²) in [6.07, 6.45) is 5.44. The first kappa shape index (κ1) is 20.3. The van der Waals surface area contributed by atoms with Crippen molar-refractivity contribution >= 4 is 21.4 Å². The van der Waals surface area contributed by atoms with E-state index in [0.717, 1.165) is 21.0 Å². The molecular formula is C22H20N4O2S2. The second kappa shape index (κ2) is 8.83. The fraction of sp³-hybridized carbons (Fsp3) is 0.136. The van der Waals surface area contributed by atoms with E-state index in [9.17, 15) is 8.42 Å². The average molecular weight is 437 g/mol. The third-order valence-electron chi connectivity index (χ3n) is 4.52. The molecule has 1 aromatic carbocycles. The van der Waals surface area contributed by atoms with Crippen LogP contribution >= 0.6 is 11.3 Å². The smallest absolute Gasteiger partial charge is 0.258 e. The molecule has 6 nitrogen and oxygen atoms in total. The molecule has 0 radical (unpaired) electrons. The van der Waals surface area contributed by atoms with Crippen LogP contribution < -0.4 is 4.72 Å². The Hall–Kier alpha value is -2.94. The summed E-state index contributed by atoms with van der Waals surface area (Å²) in [5.41, 5.74) is 2.68. The Balaban J connectivity index is 1.59. The van der Waals surface area contributed by atoms with Gasteiger partial charge in [0.25, 0.3) is 10.0 Å². The van der Waals surface area contributed by atoms with E-state index in [1.807, 2.05) is 49.5 Å². The fourth-order valence-corrected chi connectivity index (χ4v) is 4.98. The molecule has 0 saturated heterocycles. The monoisotopic (exact) mass is 436 g/mol. The van der Waals surface area contributed by atoms with Crippen molar-refractivity contribution in [2.45, 2.75) is 24.4 Å². The van der Waals surface area contributed by atoms with Crippen molar-refractivity contribution in [3.63, 3.8) is 0 Å². The molecule has 1 unspecified atom stereocenters. The Morgan fingerprint density at radius 3 is 2.27 bits per heavy atom. The summed E-state index contributed by atoms with van der Waals surface area (Å²) in [7, 11) is -3.79. The zero-order valence-electron chi connectivity index (χ0n) is 16.3. The lowest BCUT2D eigenvalue weighted by Crippen LogP contribution is -2.31. The van der Waals surface area contributed by atoms with Crippen LogP contribution in [0, 0.1) is 6.92 Å². The number of hydrogen-bond donors (Lipinski definition) is 1. The van der Waals surface area contributed by atoms with Gasteiger partial charge in [-0.3, -0.25) is 4.98 Å². The van der Waals surface area contributed by atoms with Crippen LogP contribution in [0.4, 0.5) is 0 Å². The van der Waals surface area contributed by atoms with Gasteiger partial charge in [0, 0.05) is 29.0 Å². The lowest BCUT2D eigenvalue weighted by atomic mass is 10.0. The van der Waals surface area contributed by atoms with Gasteiger partial charge in [-0.15, -0.1) is 11.3 Å². The Kier molecular flexibility index (Phi) is 5.98. The molecule has 152 valence electrons. The van der Waals surface area contributed by atoms with Gasteiger partial charge in [0.1, 0.15) is 5.01 Å². The second-order valence-corrected chi connectivity index (χ2v) is 9.67. The lowest BCUT2D eigenvalue weighted by Gasteiger charge is -2.18. The highest BCUT2D eigenvalue weighted by molar-refractivity contribution is 7.89. The number of aryl methyl sites for hydroxylation is 1. The predicted molar refractivity (Wildman–Crippen MR) is 118 cm³/mol. The van der Waals surface area contributed by atoms with Gasteiger partial charge in [-0.1, -0.05) is 36.4 Å². The maximum atomic E-state index is 12.8. The van der Waals surface area contributed by atoms with E-state index in [4.69, 9.17) is 0 Å². The van der Waals surface area contributed by atoms with Crippen LogP contribution in [-0.2, 0) is 16.4 Å². The van der Waals surface area contributed by atoms with Crippen LogP contribution in [0.15, 0.2) is 84.3 Å². The van der Waals surface area contributed by atoms with E-state index in [1.165, 1.54) is 12.3 Å². The molecule has 4 rings (SSSR count). The van der Waals surface area contributed by atoms with Gasteiger partial charge >= 0.3 is 0 Å².